The predicted molar refractivity (Wildman–Crippen MR) is 126 cm³/mol. The molecule has 1 saturated heterocycles. The lowest BCUT2D eigenvalue weighted by Crippen LogP contribution is -2.36. The minimum Gasteiger partial charge on any atom is -0.477 e. The van der Waals surface area contributed by atoms with Crippen LogP contribution in [0.5, 0.6) is 0 Å². The minimum absolute atomic E-state index is 0.0499. The molecule has 0 unspecified atom stereocenters. The number of nitrogens with zero attached hydrogens (tertiary/aromatic N) is 2. The molecular formula is C27H25FN2O3. The maximum atomic E-state index is 14.2. The lowest BCUT2D eigenvalue weighted by atomic mass is 10.0. The van der Waals surface area contributed by atoms with E-state index in [-0.39, 0.29) is 18.0 Å². The highest BCUT2D eigenvalue weighted by molar-refractivity contribution is 6.01. The highest BCUT2D eigenvalue weighted by atomic mass is 19.1. The van der Waals surface area contributed by atoms with Gasteiger partial charge in [0.2, 0.25) is 5.91 Å². The minimum atomic E-state index is -1.12. The Morgan fingerprint density at radius 2 is 1.67 bits per heavy atom. The smallest absolute Gasteiger partial charge is 0.352 e. The second-order valence-corrected chi connectivity index (χ2v) is 8.64. The lowest BCUT2D eigenvalue weighted by Gasteiger charge is -2.26. The van der Waals surface area contributed by atoms with E-state index < -0.39 is 11.8 Å². The van der Waals surface area contributed by atoms with Crippen molar-refractivity contribution in [2.45, 2.75) is 32.2 Å². The standard InChI is InChI=1S/C27H25FN2O3/c28-20-11-12-24-22(15-20)23(16-25(31)29-13-4-1-5-14-29)26(27(32)33)30(24)17-19-9-6-8-18-7-2-3-10-21(18)19/h2-3,6-12,15H,1,4-5,13-14,16-17H2,(H,32,33). The third-order valence-corrected chi connectivity index (χ3v) is 6.58. The first-order chi connectivity index (χ1) is 16.0. The van der Waals surface area contributed by atoms with Gasteiger partial charge in [-0.05, 0) is 53.8 Å². The molecule has 0 bridgehead atoms. The van der Waals surface area contributed by atoms with Crippen molar-refractivity contribution in [2.24, 2.45) is 0 Å². The Kier molecular flexibility index (Phi) is 5.58. The third-order valence-electron chi connectivity index (χ3n) is 6.58. The Bertz CT molecular complexity index is 1360. The molecule has 168 valence electrons. The number of piperidine rings is 1. The molecule has 1 amide bonds. The molecule has 6 heteroatoms. The summed E-state index contributed by atoms with van der Waals surface area (Å²) in [5, 5.41) is 12.8. The number of aromatic nitrogens is 1. The molecule has 0 saturated carbocycles. The first-order valence-corrected chi connectivity index (χ1v) is 11.3. The Labute approximate surface area is 191 Å². The summed E-state index contributed by atoms with van der Waals surface area (Å²) in [6.07, 6.45) is 2.95. The fourth-order valence-corrected chi connectivity index (χ4v) is 4.99. The van der Waals surface area contributed by atoms with Crippen LogP contribution >= 0.6 is 0 Å². The maximum absolute atomic E-state index is 14.2. The fourth-order valence-electron chi connectivity index (χ4n) is 4.99. The molecule has 0 radical (unpaired) electrons. The molecule has 33 heavy (non-hydrogen) atoms. The number of carboxylic acid groups (broad SMARTS) is 1. The molecule has 1 fully saturated rings. The maximum Gasteiger partial charge on any atom is 0.352 e. The number of carbonyl (C=O) groups is 2. The second-order valence-electron chi connectivity index (χ2n) is 8.64. The number of fused-ring (bicyclic) bond motifs is 2. The number of hydrogen-bond donors (Lipinski definition) is 1. The lowest BCUT2D eigenvalue weighted by molar-refractivity contribution is -0.131. The molecule has 0 spiro atoms. The average Bonchev–Trinajstić information content (AvgIpc) is 3.12. The Morgan fingerprint density at radius 1 is 0.909 bits per heavy atom. The van der Waals surface area contributed by atoms with Gasteiger partial charge in [-0.25, -0.2) is 9.18 Å². The third kappa shape index (κ3) is 3.97. The molecule has 2 heterocycles. The topological polar surface area (TPSA) is 62.5 Å². The van der Waals surface area contributed by atoms with Crippen LogP contribution in [0.25, 0.3) is 21.7 Å². The predicted octanol–water partition coefficient (Wildman–Crippen LogP) is 5.24. The van der Waals surface area contributed by atoms with Crippen LogP contribution in [0.15, 0.2) is 60.7 Å². The van der Waals surface area contributed by atoms with Crippen molar-refractivity contribution in [2.75, 3.05) is 13.1 Å². The molecule has 1 aromatic heterocycles. The van der Waals surface area contributed by atoms with Gasteiger partial charge in [0, 0.05) is 36.1 Å². The molecule has 1 N–H and O–H groups in total. The summed E-state index contributed by atoms with van der Waals surface area (Å²) in [6, 6.07) is 18.2. The van der Waals surface area contributed by atoms with Crippen molar-refractivity contribution in [1.82, 2.24) is 9.47 Å². The largest absolute Gasteiger partial charge is 0.477 e. The van der Waals surface area contributed by atoms with Crippen LogP contribution in [0.1, 0.15) is 40.9 Å². The van der Waals surface area contributed by atoms with Crippen LogP contribution in [0.2, 0.25) is 0 Å². The summed E-state index contributed by atoms with van der Waals surface area (Å²) in [5.41, 5.74) is 2.01. The zero-order valence-electron chi connectivity index (χ0n) is 18.3. The second kappa shape index (κ2) is 8.70. The summed E-state index contributed by atoms with van der Waals surface area (Å²) in [5.74, 6) is -1.67. The first-order valence-electron chi connectivity index (χ1n) is 11.3. The summed E-state index contributed by atoms with van der Waals surface area (Å²) < 4.78 is 15.9. The highest BCUT2D eigenvalue weighted by Gasteiger charge is 2.27. The van der Waals surface area contributed by atoms with Gasteiger partial charge < -0.3 is 14.6 Å². The van der Waals surface area contributed by atoms with Gasteiger partial charge in [-0.2, -0.15) is 0 Å². The number of rotatable bonds is 5. The number of carboxylic acids is 1. The average molecular weight is 445 g/mol. The van der Waals surface area contributed by atoms with Crippen molar-refractivity contribution in [1.29, 1.82) is 0 Å². The van der Waals surface area contributed by atoms with E-state index in [1.807, 2.05) is 42.5 Å². The number of amides is 1. The number of halogens is 1. The highest BCUT2D eigenvalue weighted by Crippen LogP contribution is 2.31. The van der Waals surface area contributed by atoms with E-state index >= 15 is 0 Å². The molecule has 5 rings (SSSR count). The van der Waals surface area contributed by atoms with Crippen molar-refractivity contribution >= 4 is 33.6 Å². The van der Waals surface area contributed by atoms with Crippen LogP contribution < -0.4 is 0 Å². The Morgan fingerprint density at radius 3 is 2.45 bits per heavy atom. The molecule has 0 atom stereocenters. The van der Waals surface area contributed by atoms with Crippen LogP contribution in [0.4, 0.5) is 4.39 Å². The van der Waals surface area contributed by atoms with Gasteiger partial charge >= 0.3 is 5.97 Å². The van der Waals surface area contributed by atoms with Gasteiger partial charge in [0.15, 0.2) is 0 Å². The molecular weight excluding hydrogens is 419 g/mol. The normalized spacial score (nSPS) is 14.2. The van der Waals surface area contributed by atoms with Crippen molar-refractivity contribution in [3.05, 3.63) is 83.3 Å². The van der Waals surface area contributed by atoms with Crippen LogP contribution in [0.3, 0.4) is 0 Å². The molecule has 1 aliphatic rings. The van der Waals surface area contributed by atoms with E-state index in [1.54, 1.807) is 15.5 Å². The SMILES string of the molecule is O=C(O)c1c(CC(=O)N2CCCCC2)c2cc(F)ccc2n1Cc1cccc2ccccc12. The summed E-state index contributed by atoms with van der Waals surface area (Å²) in [4.78, 5) is 27.3. The zero-order valence-corrected chi connectivity index (χ0v) is 18.3. The van der Waals surface area contributed by atoms with Crippen molar-refractivity contribution in [3.63, 3.8) is 0 Å². The Hall–Kier alpha value is -3.67. The number of carbonyl (C=O) groups excluding carboxylic acids is 1. The molecule has 0 aliphatic carbocycles. The number of aromatic carboxylic acids is 1. The van der Waals surface area contributed by atoms with Crippen molar-refractivity contribution in [3.8, 4) is 0 Å². The van der Waals surface area contributed by atoms with Gasteiger partial charge in [0.25, 0.3) is 0 Å². The van der Waals surface area contributed by atoms with Gasteiger partial charge in [0.05, 0.1) is 6.42 Å². The number of benzene rings is 3. The van der Waals surface area contributed by atoms with E-state index in [2.05, 4.69) is 0 Å². The van der Waals surface area contributed by atoms with E-state index in [4.69, 9.17) is 0 Å². The van der Waals surface area contributed by atoms with Crippen LogP contribution in [-0.2, 0) is 17.8 Å². The van der Waals surface area contributed by atoms with E-state index in [0.29, 0.717) is 36.1 Å². The van der Waals surface area contributed by atoms with Gasteiger partial charge in [-0.1, -0.05) is 42.5 Å². The molecule has 5 nitrogen and oxygen atoms in total. The summed E-state index contributed by atoms with van der Waals surface area (Å²) >= 11 is 0. The first kappa shape index (κ1) is 21.2. The summed E-state index contributed by atoms with van der Waals surface area (Å²) in [7, 11) is 0. The quantitative estimate of drug-likeness (QED) is 0.458. The molecule has 3 aromatic carbocycles. The Balaban J connectivity index is 1.64. The van der Waals surface area contributed by atoms with Gasteiger partial charge in [-0.3, -0.25) is 4.79 Å². The van der Waals surface area contributed by atoms with Gasteiger partial charge in [0.1, 0.15) is 11.5 Å². The van der Waals surface area contributed by atoms with Crippen molar-refractivity contribution < 1.29 is 19.1 Å². The number of hydrogen-bond acceptors (Lipinski definition) is 2. The van der Waals surface area contributed by atoms with Gasteiger partial charge in [-0.15, -0.1) is 0 Å². The van der Waals surface area contributed by atoms with E-state index in [9.17, 15) is 19.1 Å². The molecule has 4 aromatic rings. The summed E-state index contributed by atoms with van der Waals surface area (Å²) in [6.45, 7) is 1.68. The monoisotopic (exact) mass is 444 g/mol. The fraction of sp³-hybridized carbons (Fsp3) is 0.259. The van der Waals surface area contributed by atoms with E-state index in [0.717, 1.165) is 35.6 Å². The van der Waals surface area contributed by atoms with Crippen LogP contribution in [0, 0.1) is 5.82 Å². The molecule has 1 aliphatic heterocycles. The zero-order chi connectivity index (χ0) is 22.9. The number of likely N-dealkylation sites (tertiary alicyclic amines) is 1. The van der Waals surface area contributed by atoms with E-state index in [1.165, 1.54) is 12.1 Å². The van der Waals surface area contributed by atoms with Crippen LogP contribution in [-0.4, -0.2) is 39.5 Å².